The Morgan fingerprint density at radius 1 is 1.05 bits per heavy atom. The van der Waals surface area contributed by atoms with Gasteiger partial charge >= 0.3 is 6.36 Å². The molecular weight excluding hydrogens is 563 g/mol. The summed E-state index contributed by atoms with van der Waals surface area (Å²) >= 11 is 1.36. The van der Waals surface area contributed by atoms with Gasteiger partial charge in [0.05, 0.1) is 18.9 Å². The molecule has 2 aromatic heterocycles. The molecule has 2 unspecified atom stereocenters. The standard InChI is InChI=1S/C26H28F3N7O4S/c27-26(28,29)40-19-6-3-4-16(12-19)13-22(37)30-20-7-8-21(33-32-20)36-10-9-17(15-36)24-34-35-25(41-24)31-23(38)14-18-5-1-2-11-39-18/h3-4,6-8,12,17-18H,1-2,5,9-11,13-15H2,(H,30,32,37)(H,31,35,38). The van der Waals surface area contributed by atoms with Crippen molar-refractivity contribution in [3.63, 3.8) is 0 Å². The molecule has 15 heteroatoms. The number of nitrogens with zero attached hydrogens (tertiary/aromatic N) is 5. The van der Waals surface area contributed by atoms with Crippen molar-refractivity contribution in [2.45, 2.75) is 56.9 Å². The Bertz CT molecular complexity index is 1350. The number of hydrogen-bond donors (Lipinski definition) is 2. The number of ether oxygens (including phenoxy) is 2. The first-order chi connectivity index (χ1) is 19.7. The average Bonchev–Trinajstić information content (AvgIpc) is 3.59. The number of rotatable bonds is 9. The van der Waals surface area contributed by atoms with Gasteiger partial charge in [-0.1, -0.05) is 23.5 Å². The molecule has 2 aliphatic rings. The number of aromatic nitrogens is 4. The van der Waals surface area contributed by atoms with Crippen LogP contribution in [0.4, 0.5) is 29.9 Å². The van der Waals surface area contributed by atoms with E-state index in [1.54, 1.807) is 12.1 Å². The van der Waals surface area contributed by atoms with E-state index in [9.17, 15) is 22.8 Å². The molecule has 2 amide bonds. The Morgan fingerprint density at radius 2 is 1.93 bits per heavy atom. The fourth-order valence-corrected chi connectivity index (χ4v) is 5.64. The molecule has 11 nitrogen and oxygen atoms in total. The van der Waals surface area contributed by atoms with Crippen LogP contribution in [0.15, 0.2) is 36.4 Å². The Labute approximate surface area is 237 Å². The molecule has 2 aliphatic heterocycles. The number of carbonyl (C=O) groups excluding carboxylic acids is 2. The molecule has 2 atom stereocenters. The van der Waals surface area contributed by atoms with E-state index >= 15 is 0 Å². The lowest BCUT2D eigenvalue weighted by molar-refractivity contribution is -0.274. The second-order valence-corrected chi connectivity index (χ2v) is 10.8. The summed E-state index contributed by atoms with van der Waals surface area (Å²) in [5.74, 6) is 0.00328. The van der Waals surface area contributed by atoms with E-state index in [0.29, 0.717) is 36.1 Å². The molecule has 41 heavy (non-hydrogen) atoms. The molecule has 5 rings (SSSR count). The number of anilines is 3. The van der Waals surface area contributed by atoms with Gasteiger partial charge in [0.15, 0.2) is 11.6 Å². The molecule has 0 saturated carbocycles. The SMILES string of the molecule is O=C(Cc1cccc(OC(F)(F)F)c1)Nc1ccc(N2CCC(c3nnc(NC(=O)CC4CCCCO4)s3)C2)nn1. The minimum Gasteiger partial charge on any atom is -0.406 e. The zero-order valence-corrected chi connectivity index (χ0v) is 22.7. The van der Waals surface area contributed by atoms with Crippen molar-refractivity contribution in [2.75, 3.05) is 35.2 Å². The van der Waals surface area contributed by atoms with Crippen LogP contribution in [0.25, 0.3) is 0 Å². The zero-order valence-electron chi connectivity index (χ0n) is 21.9. The third kappa shape index (κ3) is 8.33. The van der Waals surface area contributed by atoms with Gasteiger partial charge in [0, 0.05) is 25.6 Å². The first-order valence-electron chi connectivity index (χ1n) is 13.2. The topological polar surface area (TPSA) is 131 Å². The zero-order chi connectivity index (χ0) is 28.8. The monoisotopic (exact) mass is 591 g/mol. The third-order valence-corrected chi connectivity index (χ3v) is 7.65. The number of nitrogens with one attached hydrogen (secondary N) is 2. The highest BCUT2D eigenvalue weighted by atomic mass is 32.1. The predicted molar refractivity (Wildman–Crippen MR) is 144 cm³/mol. The Kier molecular flexibility index (Phi) is 8.93. The van der Waals surface area contributed by atoms with Gasteiger partial charge in [-0.05, 0) is 55.5 Å². The van der Waals surface area contributed by atoms with Crippen molar-refractivity contribution < 1.29 is 32.2 Å². The fraction of sp³-hybridized carbons (Fsp3) is 0.462. The van der Waals surface area contributed by atoms with Crippen molar-refractivity contribution in [1.29, 1.82) is 0 Å². The molecule has 3 aromatic rings. The number of alkyl halides is 3. The van der Waals surface area contributed by atoms with Crippen molar-refractivity contribution in [3.05, 3.63) is 47.0 Å². The summed E-state index contributed by atoms with van der Waals surface area (Å²) in [7, 11) is 0. The van der Waals surface area contributed by atoms with Gasteiger partial charge < -0.3 is 25.0 Å². The molecule has 2 saturated heterocycles. The van der Waals surface area contributed by atoms with Crippen LogP contribution in [0.5, 0.6) is 5.75 Å². The van der Waals surface area contributed by atoms with Crippen LogP contribution in [0.3, 0.4) is 0 Å². The second-order valence-electron chi connectivity index (χ2n) is 9.81. The van der Waals surface area contributed by atoms with E-state index in [1.165, 1.54) is 29.5 Å². The lowest BCUT2D eigenvalue weighted by atomic mass is 10.1. The third-order valence-electron chi connectivity index (χ3n) is 6.65. The molecule has 1 aromatic carbocycles. The molecular formula is C26H28F3N7O4S. The highest BCUT2D eigenvalue weighted by Crippen LogP contribution is 2.33. The lowest BCUT2D eigenvalue weighted by Gasteiger charge is -2.21. The summed E-state index contributed by atoms with van der Waals surface area (Å²) in [5.41, 5.74) is 0.356. The summed E-state index contributed by atoms with van der Waals surface area (Å²) in [6, 6.07) is 8.59. The number of carbonyl (C=O) groups is 2. The van der Waals surface area contributed by atoms with Crippen LogP contribution in [-0.2, 0) is 20.7 Å². The summed E-state index contributed by atoms with van der Waals surface area (Å²) in [4.78, 5) is 26.8. The van der Waals surface area contributed by atoms with Crippen molar-refractivity contribution >= 4 is 39.9 Å². The van der Waals surface area contributed by atoms with E-state index in [1.807, 2.05) is 0 Å². The highest BCUT2D eigenvalue weighted by Gasteiger charge is 2.31. The van der Waals surface area contributed by atoms with Crippen LogP contribution in [0.1, 0.15) is 48.6 Å². The highest BCUT2D eigenvalue weighted by molar-refractivity contribution is 7.15. The van der Waals surface area contributed by atoms with Crippen LogP contribution in [-0.4, -0.2) is 64.4 Å². The second kappa shape index (κ2) is 12.8. The van der Waals surface area contributed by atoms with Gasteiger partial charge in [-0.15, -0.1) is 33.6 Å². The van der Waals surface area contributed by atoms with E-state index < -0.39 is 18.0 Å². The van der Waals surface area contributed by atoms with E-state index in [0.717, 1.165) is 43.3 Å². The molecule has 0 aliphatic carbocycles. The fourth-order valence-electron chi connectivity index (χ4n) is 4.75. The molecule has 218 valence electrons. The van der Waals surface area contributed by atoms with Crippen molar-refractivity contribution in [1.82, 2.24) is 20.4 Å². The maximum Gasteiger partial charge on any atom is 0.573 e. The van der Waals surface area contributed by atoms with Gasteiger partial charge in [0.25, 0.3) is 0 Å². The van der Waals surface area contributed by atoms with E-state index in [2.05, 4.69) is 40.7 Å². The number of halogens is 3. The van der Waals surface area contributed by atoms with Gasteiger partial charge in [0.1, 0.15) is 10.8 Å². The van der Waals surface area contributed by atoms with E-state index in [4.69, 9.17) is 4.74 Å². The lowest BCUT2D eigenvalue weighted by Crippen LogP contribution is -2.25. The molecule has 2 N–H and O–H groups in total. The van der Waals surface area contributed by atoms with Gasteiger partial charge in [-0.3, -0.25) is 9.59 Å². The van der Waals surface area contributed by atoms with Gasteiger partial charge in [0.2, 0.25) is 16.9 Å². The van der Waals surface area contributed by atoms with Crippen LogP contribution >= 0.6 is 11.3 Å². The number of amides is 2. The first kappa shape index (κ1) is 28.7. The maximum atomic E-state index is 12.4. The molecule has 0 spiro atoms. The van der Waals surface area contributed by atoms with Crippen LogP contribution in [0.2, 0.25) is 0 Å². The Morgan fingerprint density at radius 3 is 2.68 bits per heavy atom. The van der Waals surface area contributed by atoms with Crippen LogP contribution in [0, 0.1) is 0 Å². The summed E-state index contributed by atoms with van der Waals surface area (Å²) < 4.78 is 46.8. The Hall–Kier alpha value is -3.85. The Balaban J connectivity index is 1.09. The van der Waals surface area contributed by atoms with Crippen molar-refractivity contribution in [2.24, 2.45) is 0 Å². The molecule has 4 heterocycles. The average molecular weight is 592 g/mol. The van der Waals surface area contributed by atoms with Crippen molar-refractivity contribution in [3.8, 4) is 5.75 Å². The first-order valence-corrected chi connectivity index (χ1v) is 14.0. The quantitative estimate of drug-likeness (QED) is 0.374. The minimum atomic E-state index is -4.81. The van der Waals surface area contributed by atoms with E-state index in [-0.39, 0.29) is 30.2 Å². The number of hydrogen-bond acceptors (Lipinski definition) is 10. The normalized spacial score (nSPS) is 19.1. The summed E-state index contributed by atoms with van der Waals surface area (Å²) in [6.45, 7) is 2.07. The molecule has 0 bridgehead atoms. The predicted octanol–water partition coefficient (Wildman–Crippen LogP) is 4.30. The maximum absolute atomic E-state index is 12.4. The van der Waals surface area contributed by atoms with Crippen LogP contribution < -0.4 is 20.3 Å². The largest absolute Gasteiger partial charge is 0.573 e. The summed E-state index contributed by atoms with van der Waals surface area (Å²) in [5, 5.41) is 23.4. The summed E-state index contributed by atoms with van der Waals surface area (Å²) in [6.07, 6.45) is -0.876. The number of benzene rings is 1. The minimum absolute atomic E-state index is 0.0424. The molecule has 0 radical (unpaired) electrons. The molecule has 2 fully saturated rings. The van der Waals surface area contributed by atoms with Gasteiger partial charge in [-0.2, -0.15) is 0 Å². The van der Waals surface area contributed by atoms with Gasteiger partial charge in [-0.25, -0.2) is 0 Å². The smallest absolute Gasteiger partial charge is 0.406 e.